The van der Waals surface area contributed by atoms with Crippen LogP contribution in [0.1, 0.15) is 72.6 Å². The largest absolute Gasteiger partial charge is 0.496 e. The van der Waals surface area contributed by atoms with Gasteiger partial charge in [0.25, 0.3) is 29.6 Å². The number of hydrogen-bond acceptors (Lipinski definition) is 20. The Labute approximate surface area is 724 Å². The van der Waals surface area contributed by atoms with E-state index in [0.717, 1.165) is 72.4 Å². The standard InChI is InChI=1S/C25H27N3O4.C24H26N2O4.C23H25N3O4.C22H18F6N2O4/c1-31-23-14-20(7-4-19(23)15-27-13-11-26-24(29)16-27)28-12-10-22(25(28)30)32-21-8-5-18(6-9-21)17-2-3-17;1-28-23-14-18(6-9-21(23)30-20-10-12-25-15-20)26-13-11-22(24(26)27)29-19-7-4-17(5-8-19)16-2-3-16;1-17-3-6-19(7-4-17)30-21-9-11-26(23(21)27)18-5-8-20(22(15-18)28-2)29-14-13-25-12-10-24-16-25;23-15-3-2-14(10-16(15)24)33-18-5-6-30(20(18)31)13-1-4-17(19(9-13)34-21(25)26)32-8-7-29-11-22(27,28)12-29/h4-10,14,17H,2-3,11-13,15-16H2,1H3,(H,26,29);4-9,11,14,16,20,25H,2-3,10,12-13,15H2,1H3;3-8,10,12,15-16,21H,9,11,13-14H2,1-2H3;1-5,9-10,21H,6-8,11-12H2/t;20-;;/m.1../s1. The van der Waals surface area contributed by atoms with Crippen molar-refractivity contribution in [2.24, 2.45) is 0 Å². The monoisotopic (exact) mass is 1730 g/mol. The molecule has 2 saturated carbocycles. The lowest BCUT2D eigenvalue weighted by Gasteiger charge is -2.38. The summed E-state index contributed by atoms with van der Waals surface area (Å²) in [6.07, 6.45) is 16.7. The minimum atomic E-state index is -3.17. The quantitative estimate of drug-likeness (QED) is 0.0383. The SMILES string of the molecule is COc1cc(N2CC=C(Oc3ccc(C4CC4)cc3)C2=O)ccc1CN1CCNC(=O)C1.COc1cc(N2CC=C(Oc3ccc(C4CC4)cc3)C2=O)ccc1O[C@@H]1CCNC1.COc1cc(N2CCC(Oc3ccc(C)cc3)C2=O)ccc1OCCn1ccnc1.O=C1C(Oc2ccc(F)c(F)c2)=CCN1c1ccc(OCCN2CC(F)(F)C2)c(OC(F)F)c1. The first-order chi connectivity index (χ1) is 61.1. The zero-order valence-corrected chi connectivity index (χ0v) is 69.9. The number of amides is 5. The molecule has 18 rings (SSSR count). The second kappa shape index (κ2) is 40.2. The van der Waals surface area contributed by atoms with Crippen molar-refractivity contribution in [1.29, 1.82) is 0 Å². The van der Waals surface area contributed by atoms with Gasteiger partial charge in [-0.05, 0) is 178 Å². The number of nitrogens with zero attached hydrogens (tertiary/aromatic N) is 8. The molecular weight excluding hydrogens is 1640 g/mol. The number of methoxy groups -OCH3 is 3. The summed E-state index contributed by atoms with van der Waals surface area (Å²) in [7, 11) is 4.83. The van der Waals surface area contributed by atoms with Crippen LogP contribution in [0.2, 0.25) is 0 Å². The number of nitrogens with one attached hydrogen (secondary N) is 2. The first kappa shape index (κ1) is 87.7. The number of benzene rings is 8. The Kier molecular flexibility index (Phi) is 28.0. The van der Waals surface area contributed by atoms with Crippen LogP contribution in [0.5, 0.6) is 63.2 Å². The number of aromatic nitrogens is 2. The van der Waals surface area contributed by atoms with Gasteiger partial charge in [-0.2, -0.15) is 8.78 Å². The van der Waals surface area contributed by atoms with Gasteiger partial charge in [0, 0.05) is 136 Å². The number of likely N-dealkylation sites (tertiary alicyclic amines) is 1. The zero-order valence-electron chi connectivity index (χ0n) is 69.9. The highest BCUT2D eigenvalue weighted by Crippen LogP contribution is 2.44. The molecule has 1 aromatic heterocycles. The van der Waals surface area contributed by atoms with Crippen LogP contribution in [0.4, 0.5) is 49.1 Å². The topological polar surface area (TPSA) is 248 Å². The van der Waals surface area contributed by atoms with E-state index in [1.165, 1.54) is 70.9 Å². The van der Waals surface area contributed by atoms with Crippen molar-refractivity contribution in [1.82, 2.24) is 30.0 Å². The van der Waals surface area contributed by atoms with Crippen LogP contribution in [-0.2, 0) is 37.1 Å². The van der Waals surface area contributed by atoms with Crippen LogP contribution in [0.3, 0.4) is 0 Å². The summed E-state index contributed by atoms with van der Waals surface area (Å²) in [5.41, 5.74) is 7.29. The number of alkyl halides is 4. The van der Waals surface area contributed by atoms with E-state index >= 15 is 0 Å². The minimum Gasteiger partial charge on any atom is -0.496 e. The molecule has 126 heavy (non-hydrogen) atoms. The molecule has 0 radical (unpaired) electrons. The molecule has 2 aliphatic carbocycles. The number of hydrogen-bond donors (Lipinski definition) is 2. The third-order valence-electron chi connectivity index (χ3n) is 22.1. The van der Waals surface area contributed by atoms with E-state index in [-0.39, 0.29) is 78.1 Å². The Morgan fingerprint density at radius 3 is 1.54 bits per heavy atom. The Morgan fingerprint density at radius 1 is 0.500 bits per heavy atom. The normalized spacial score (nSPS) is 18.4. The van der Waals surface area contributed by atoms with E-state index in [2.05, 4.69) is 49.5 Å². The van der Waals surface area contributed by atoms with Crippen LogP contribution >= 0.6 is 0 Å². The maximum Gasteiger partial charge on any atom is 0.387 e. The first-order valence-electron chi connectivity index (χ1n) is 41.7. The lowest BCUT2D eigenvalue weighted by molar-refractivity contribution is -0.132. The molecule has 8 aromatic carbocycles. The highest BCUT2D eigenvalue weighted by Gasteiger charge is 2.44. The van der Waals surface area contributed by atoms with Crippen LogP contribution in [-0.4, -0.2) is 187 Å². The summed E-state index contributed by atoms with van der Waals surface area (Å²) in [6.45, 7) is 5.14. The number of imidazole rings is 1. The molecule has 1 unspecified atom stereocenters. The molecule has 5 amide bonds. The molecule has 32 heteroatoms. The molecular formula is C94H96F6N10O16. The average Bonchev–Trinajstić information content (AvgIpc) is 1.64. The average molecular weight is 1740 g/mol. The second-order valence-electron chi connectivity index (χ2n) is 31.3. The summed E-state index contributed by atoms with van der Waals surface area (Å²) >= 11 is 0. The van der Waals surface area contributed by atoms with Gasteiger partial charge in [0.05, 0.1) is 53.8 Å². The third-order valence-corrected chi connectivity index (χ3v) is 22.1. The predicted octanol–water partition coefficient (Wildman–Crippen LogP) is 14.1. The van der Waals surface area contributed by atoms with Gasteiger partial charge in [0.15, 0.2) is 69.5 Å². The van der Waals surface area contributed by atoms with Crippen molar-refractivity contribution in [3.8, 4) is 63.2 Å². The highest BCUT2D eigenvalue weighted by molar-refractivity contribution is 6.09. The van der Waals surface area contributed by atoms with E-state index < -0.39 is 49.3 Å². The summed E-state index contributed by atoms with van der Waals surface area (Å²) in [5.74, 6) is 0.847. The van der Waals surface area contributed by atoms with Gasteiger partial charge in [-0.1, -0.05) is 48.0 Å². The molecule has 9 aliphatic rings. The Hall–Kier alpha value is -13.2. The maximum atomic E-state index is 13.4. The van der Waals surface area contributed by atoms with Crippen molar-refractivity contribution >= 4 is 52.3 Å². The van der Waals surface area contributed by atoms with E-state index in [4.69, 9.17) is 47.4 Å². The molecule has 660 valence electrons. The highest BCUT2D eigenvalue weighted by atomic mass is 19.3. The summed E-state index contributed by atoms with van der Waals surface area (Å²) in [5, 5.41) is 6.12. The smallest absolute Gasteiger partial charge is 0.387 e. The number of carbonyl (C=O) groups is 5. The zero-order chi connectivity index (χ0) is 88.0. The molecule has 4 saturated heterocycles. The number of anilines is 4. The van der Waals surface area contributed by atoms with Gasteiger partial charge in [-0.25, -0.2) is 22.5 Å². The number of aryl methyl sites for hydroxylation is 1. The Bertz CT molecular complexity index is 5450. The molecule has 7 aliphatic heterocycles. The van der Waals surface area contributed by atoms with E-state index in [1.807, 2.05) is 133 Å². The van der Waals surface area contributed by atoms with E-state index in [0.29, 0.717) is 128 Å². The molecule has 9 aromatic rings. The van der Waals surface area contributed by atoms with Crippen molar-refractivity contribution in [3.05, 3.63) is 252 Å². The molecule has 26 nitrogen and oxygen atoms in total. The van der Waals surface area contributed by atoms with Crippen molar-refractivity contribution in [2.75, 3.05) is 133 Å². The van der Waals surface area contributed by atoms with Gasteiger partial charge in [-0.3, -0.25) is 33.8 Å². The van der Waals surface area contributed by atoms with E-state index in [9.17, 15) is 50.3 Å². The number of ether oxygens (including phenoxy) is 11. The van der Waals surface area contributed by atoms with Crippen LogP contribution in [0.25, 0.3) is 0 Å². The van der Waals surface area contributed by atoms with Gasteiger partial charge in [0.2, 0.25) is 5.91 Å². The fraction of sp³-hybridized carbons (Fsp3) is 0.340. The fourth-order valence-corrected chi connectivity index (χ4v) is 15.1. The molecule has 2 atom stereocenters. The lowest BCUT2D eigenvalue weighted by Crippen LogP contribution is -2.57. The van der Waals surface area contributed by atoms with Crippen molar-refractivity contribution < 1.29 is 102 Å². The van der Waals surface area contributed by atoms with Gasteiger partial charge < -0.3 is 86.9 Å². The third kappa shape index (κ3) is 22.5. The molecule has 0 spiro atoms. The fourth-order valence-electron chi connectivity index (χ4n) is 15.1. The maximum absolute atomic E-state index is 13.4. The Morgan fingerprint density at radius 2 is 1.02 bits per heavy atom. The number of rotatable bonds is 31. The van der Waals surface area contributed by atoms with Gasteiger partial charge in [-0.15, -0.1) is 0 Å². The Balaban J connectivity index is 0.000000130. The second-order valence-corrected chi connectivity index (χ2v) is 31.3. The van der Waals surface area contributed by atoms with Crippen LogP contribution in [0, 0.1) is 18.6 Å². The van der Waals surface area contributed by atoms with Gasteiger partial charge in [0.1, 0.15) is 48.1 Å². The summed E-state index contributed by atoms with van der Waals surface area (Å²) < 4.78 is 141. The van der Waals surface area contributed by atoms with E-state index in [1.54, 1.807) is 48.6 Å². The molecule has 0 bridgehead atoms. The van der Waals surface area contributed by atoms with Crippen molar-refractivity contribution in [3.63, 3.8) is 0 Å². The summed E-state index contributed by atoms with van der Waals surface area (Å²) in [6, 6.07) is 47.4. The van der Waals surface area contributed by atoms with Gasteiger partial charge >= 0.3 is 6.61 Å². The number of carbonyl (C=O) groups excluding carboxylic acids is 5. The minimum absolute atomic E-state index is 0.0232. The molecule has 6 fully saturated rings. The molecule has 8 heterocycles. The van der Waals surface area contributed by atoms with Crippen molar-refractivity contribution in [2.45, 2.75) is 95.1 Å². The predicted molar refractivity (Wildman–Crippen MR) is 456 cm³/mol. The first-order valence-corrected chi connectivity index (χ1v) is 41.7. The number of piperazine rings is 1. The lowest BCUT2D eigenvalue weighted by atomic mass is 10.1. The number of halogens is 6. The molecule has 2 N–H and O–H groups in total. The summed E-state index contributed by atoms with van der Waals surface area (Å²) in [4.78, 5) is 76.9. The van der Waals surface area contributed by atoms with Crippen LogP contribution < -0.4 is 82.3 Å². The van der Waals surface area contributed by atoms with Crippen LogP contribution in [0.15, 0.2) is 218 Å².